The Bertz CT molecular complexity index is 347. The van der Waals surface area contributed by atoms with E-state index in [1.165, 1.54) is 5.56 Å². The average Bonchev–Trinajstić information content (AvgIpc) is 2.29. The van der Waals surface area contributed by atoms with E-state index < -0.39 is 0 Å². The lowest BCUT2D eigenvalue weighted by atomic mass is 10.0. The van der Waals surface area contributed by atoms with E-state index >= 15 is 0 Å². The Hall–Kier alpha value is -1.15. The summed E-state index contributed by atoms with van der Waals surface area (Å²) in [4.78, 5) is 13.7. The summed E-state index contributed by atoms with van der Waals surface area (Å²) in [7, 11) is 0. The van der Waals surface area contributed by atoms with Crippen LogP contribution < -0.4 is 0 Å². The van der Waals surface area contributed by atoms with Gasteiger partial charge in [-0.1, -0.05) is 30.3 Å². The molecule has 1 aliphatic heterocycles. The maximum absolute atomic E-state index is 11.3. The highest BCUT2D eigenvalue weighted by Gasteiger charge is 2.22. The van der Waals surface area contributed by atoms with Gasteiger partial charge in [0.1, 0.15) is 5.78 Å². The zero-order valence-corrected chi connectivity index (χ0v) is 9.86. The normalized spacial score (nSPS) is 22.3. The molecule has 1 saturated heterocycles. The number of piperidine rings is 1. The average molecular weight is 217 g/mol. The van der Waals surface area contributed by atoms with Crippen molar-refractivity contribution >= 4 is 5.78 Å². The van der Waals surface area contributed by atoms with Crippen molar-refractivity contribution in [3.05, 3.63) is 35.9 Å². The van der Waals surface area contributed by atoms with E-state index in [1.807, 2.05) is 6.07 Å². The van der Waals surface area contributed by atoms with Crippen molar-refractivity contribution in [2.75, 3.05) is 13.1 Å². The Labute approximate surface area is 97.3 Å². The van der Waals surface area contributed by atoms with Gasteiger partial charge in [-0.2, -0.15) is 0 Å². The van der Waals surface area contributed by atoms with Gasteiger partial charge in [0.15, 0.2) is 0 Å². The third-order valence-corrected chi connectivity index (χ3v) is 3.35. The fraction of sp³-hybridized carbons (Fsp3) is 0.500. The van der Waals surface area contributed by atoms with E-state index in [0.29, 0.717) is 11.8 Å². The summed E-state index contributed by atoms with van der Waals surface area (Å²) in [6.45, 7) is 4.16. The highest BCUT2D eigenvalue weighted by Crippen LogP contribution is 2.14. The number of rotatable bonds is 3. The van der Waals surface area contributed by atoms with Crippen LogP contribution >= 0.6 is 0 Å². The number of carbonyl (C=O) groups excluding carboxylic acids is 1. The van der Waals surface area contributed by atoms with E-state index in [-0.39, 0.29) is 0 Å². The van der Waals surface area contributed by atoms with Crippen LogP contribution in [0.2, 0.25) is 0 Å². The SMILES string of the molecule is C[C@@H]1CC(=O)CCN1CCc1ccccc1. The quantitative estimate of drug-likeness (QED) is 0.774. The van der Waals surface area contributed by atoms with Crippen LogP contribution in [0.15, 0.2) is 30.3 Å². The summed E-state index contributed by atoms with van der Waals surface area (Å²) < 4.78 is 0. The molecule has 2 nitrogen and oxygen atoms in total. The molecule has 0 spiro atoms. The zero-order valence-electron chi connectivity index (χ0n) is 9.86. The van der Waals surface area contributed by atoms with Crippen LogP contribution in [0, 0.1) is 0 Å². The molecule has 0 saturated carbocycles. The van der Waals surface area contributed by atoms with Gasteiger partial charge in [-0.25, -0.2) is 0 Å². The summed E-state index contributed by atoms with van der Waals surface area (Å²) in [6, 6.07) is 11.0. The summed E-state index contributed by atoms with van der Waals surface area (Å²) in [5, 5.41) is 0. The first-order valence-corrected chi connectivity index (χ1v) is 6.05. The first-order chi connectivity index (χ1) is 7.75. The molecule has 16 heavy (non-hydrogen) atoms. The smallest absolute Gasteiger partial charge is 0.135 e. The van der Waals surface area contributed by atoms with Gasteiger partial charge in [0.05, 0.1) is 0 Å². The predicted molar refractivity (Wildman–Crippen MR) is 65.4 cm³/mol. The van der Waals surface area contributed by atoms with Crippen molar-refractivity contribution < 1.29 is 4.79 Å². The van der Waals surface area contributed by atoms with Crippen molar-refractivity contribution in [3.8, 4) is 0 Å². The minimum Gasteiger partial charge on any atom is -0.300 e. The molecule has 1 atom stereocenters. The topological polar surface area (TPSA) is 20.3 Å². The van der Waals surface area contributed by atoms with Gasteiger partial charge in [-0.05, 0) is 18.9 Å². The molecule has 2 heteroatoms. The molecule has 1 aliphatic rings. The number of carbonyl (C=O) groups is 1. The van der Waals surface area contributed by atoms with Crippen LogP contribution in [0.4, 0.5) is 0 Å². The number of hydrogen-bond donors (Lipinski definition) is 0. The summed E-state index contributed by atoms with van der Waals surface area (Å²) in [6.07, 6.45) is 2.55. The maximum Gasteiger partial charge on any atom is 0.135 e. The molecule has 1 aromatic carbocycles. The van der Waals surface area contributed by atoms with Crippen molar-refractivity contribution in [2.24, 2.45) is 0 Å². The number of hydrogen-bond acceptors (Lipinski definition) is 2. The van der Waals surface area contributed by atoms with Crippen molar-refractivity contribution in [3.63, 3.8) is 0 Å². The molecule has 0 unspecified atom stereocenters. The van der Waals surface area contributed by atoms with E-state index in [0.717, 1.165) is 32.4 Å². The minimum absolute atomic E-state index is 0.420. The van der Waals surface area contributed by atoms with Gasteiger partial charge >= 0.3 is 0 Å². The van der Waals surface area contributed by atoms with Crippen molar-refractivity contribution in [1.29, 1.82) is 0 Å². The third-order valence-electron chi connectivity index (χ3n) is 3.35. The Balaban J connectivity index is 1.84. The molecule has 0 aromatic heterocycles. The molecule has 0 N–H and O–H groups in total. The fourth-order valence-electron chi connectivity index (χ4n) is 2.30. The van der Waals surface area contributed by atoms with Crippen LogP contribution in [-0.2, 0) is 11.2 Å². The Kier molecular flexibility index (Phi) is 3.73. The molecule has 1 fully saturated rings. The second kappa shape index (κ2) is 5.26. The summed E-state index contributed by atoms with van der Waals surface area (Å²) in [5.74, 6) is 0.420. The highest BCUT2D eigenvalue weighted by molar-refractivity contribution is 5.79. The summed E-state index contributed by atoms with van der Waals surface area (Å²) in [5.41, 5.74) is 1.38. The van der Waals surface area contributed by atoms with Crippen molar-refractivity contribution in [1.82, 2.24) is 4.90 Å². The molecule has 0 aliphatic carbocycles. The Morgan fingerprint density at radius 3 is 2.75 bits per heavy atom. The van der Waals surface area contributed by atoms with Gasteiger partial charge in [-0.15, -0.1) is 0 Å². The van der Waals surface area contributed by atoms with Gasteiger partial charge in [0, 0.05) is 32.0 Å². The molecule has 0 bridgehead atoms. The predicted octanol–water partition coefficient (Wildman–Crippen LogP) is 2.28. The first-order valence-electron chi connectivity index (χ1n) is 6.05. The molecule has 0 amide bonds. The monoisotopic (exact) mass is 217 g/mol. The standard InChI is InChI=1S/C14H19NO/c1-12-11-14(16)8-10-15(12)9-7-13-5-3-2-4-6-13/h2-6,12H,7-11H2,1H3/t12-/m1/s1. The molecule has 0 radical (unpaired) electrons. The number of nitrogens with zero attached hydrogens (tertiary/aromatic N) is 1. The Morgan fingerprint density at radius 1 is 1.31 bits per heavy atom. The van der Waals surface area contributed by atoms with E-state index in [9.17, 15) is 4.79 Å². The van der Waals surface area contributed by atoms with Crippen LogP contribution in [0.3, 0.4) is 0 Å². The van der Waals surface area contributed by atoms with Crippen LogP contribution in [0.5, 0.6) is 0 Å². The lowest BCUT2D eigenvalue weighted by Gasteiger charge is -2.32. The van der Waals surface area contributed by atoms with Gasteiger partial charge < -0.3 is 0 Å². The molecular formula is C14H19NO. The Morgan fingerprint density at radius 2 is 2.06 bits per heavy atom. The lowest BCUT2D eigenvalue weighted by molar-refractivity contribution is -0.122. The largest absolute Gasteiger partial charge is 0.300 e. The lowest BCUT2D eigenvalue weighted by Crippen LogP contribution is -2.41. The van der Waals surface area contributed by atoms with E-state index in [1.54, 1.807) is 0 Å². The fourth-order valence-corrected chi connectivity index (χ4v) is 2.30. The van der Waals surface area contributed by atoms with E-state index in [2.05, 4.69) is 36.1 Å². The highest BCUT2D eigenvalue weighted by atomic mass is 16.1. The molecule has 86 valence electrons. The van der Waals surface area contributed by atoms with Crippen LogP contribution in [0.25, 0.3) is 0 Å². The van der Waals surface area contributed by atoms with Crippen LogP contribution in [0.1, 0.15) is 25.3 Å². The second-order valence-corrected chi connectivity index (χ2v) is 4.61. The molecular weight excluding hydrogens is 198 g/mol. The molecule has 2 rings (SSSR count). The van der Waals surface area contributed by atoms with Gasteiger partial charge in [-0.3, -0.25) is 9.69 Å². The summed E-state index contributed by atoms with van der Waals surface area (Å²) >= 11 is 0. The molecule has 1 heterocycles. The van der Waals surface area contributed by atoms with E-state index in [4.69, 9.17) is 0 Å². The van der Waals surface area contributed by atoms with Crippen molar-refractivity contribution in [2.45, 2.75) is 32.2 Å². The molecule has 1 aromatic rings. The number of Topliss-reactive ketones (excluding diaryl/α,β-unsaturated/α-hetero) is 1. The van der Waals surface area contributed by atoms with Crippen LogP contribution in [-0.4, -0.2) is 29.8 Å². The van der Waals surface area contributed by atoms with Gasteiger partial charge in [0.2, 0.25) is 0 Å². The second-order valence-electron chi connectivity index (χ2n) is 4.61. The zero-order chi connectivity index (χ0) is 11.4. The first kappa shape index (κ1) is 11.3. The maximum atomic E-state index is 11.3. The third kappa shape index (κ3) is 2.92. The number of benzene rings is 1. The minimum atomic E-state index is 0.420. The number of ketones is 1. The van der Waals surface area contributed by atoms with Gasteiger partial charge in [0.25, 0.3) is 0 Å². The number of likely N-dealkylation sites (tertiary alicyclic amines) is 1.